The summed E-state index contributed by atoms with van der Waals surface area (Å²) in [5.74, 6) is 1.96. The normalized spacial score (nSPS) is 23.5. The first-order valence-electron chi connectivity index (χ1n) is 10.4. The average molecular weight is 383 g/mol. The molecule has 1 aliphatic heterocycles. The highest BCUT2D eigenvalue weighted by atomic mass is 16.3. The van der Waals surface area contributed by atoms with Gasteiger partial charge in [0, 0.05) is 37.5 Å². The number of Topliss-reactive ketones (excluding diaryl/α,β-unsaturated/α-hetero) is 1. The van der Waals surface area contributed by atoms with Crippen LogP contribution in [-0.2, 0) is 4.79 Å². The summed E-state index contributed by atoms with van der Waals surface area (Å²) in [7, 11) is 0. The fourth-order valence-electron chi connectivity index (χ4n) is 4.62. The Bertz CT molecular complexity index is 826. The van der Waals surface area contributed by atoms with Crippen molar-refractivity contribution in [3.63, 3.8) is 0 Å². The number of anilines is 1. The van der Waals surface area contributed by atoms with Crippen molar-refractivity contribution in [1.82, 2.24) is 14.9 Å². The minimum Gasteiger partial charge on any atom is -0.396 e. The molecule has 2 aliphatic rings. The highest BCUT2D eigenvalue weighted by Gasteiger charge is 2.35. The molecule has 0 spiro atoms. The number of hydrogen-bond donors (Lipinski definition) is 2. The van der Waals surface area contributed by atoms with Crippen molar-refractivity contribution >= 4 is 22.5 Å². The van der Waals surface area contributed by atoms with Gasteiger partial charge in [0.1, 0.15) is 12.1 Å². The van der Waals surface area contributed by atoms with Crippen LogP contribution in [0.5, 0.6) is 0 Å². The van der Waals surface area contributed by atoms with Gasteiger partial charge in [-0.3, -0.25) is 9.69 Å². The van der Waals surface area contributed by atoms with Gasteiger partial charge in [-0.15, -0.1) is 0 Å². The summed E-state index contributed by atoms with van der Waals surface area (Å²) in [6.45, 7) is 4.77. The van der Waals surface area contributed by atoms with E-state index >= 15 is 0 Å². The first-order valence-corrected chi connectivity index (χ1v) is 10.4. The molecule has 6 heteroatoms. The molecule has 6 nitrogen and oxygen atoms in total. The summed E-state index contributed by atoms with van der Waals surface area (Å²) >= 11 is 0. The number of carbonyl (C=O) groups excluding carboxylic acids is 1. The van der Waals surface area contributed by atoms with Crippen molar-refractivity contribution < 1.29 is 9.90 Å². The molecule has 4 rings (SSSR count). The maximum Gasteiger partial charge on any atom is 0.152 e. The Hall–Kier alpha value is -2.05. The molecule has 0 atom stereocenters. The number of aryl methyl sites for hydroxylation is 1. The largest absolute Gasteiger partial charge is 0.396 e. The van der Waals surface area contributed by atoms with E-state index in [2.05, 4.69) is 26.3 Å². The summed E-state index contributed by atoms with van der Waals surface area (Å²) in [6, 6.07) is 6.72. The molecule has 1 aromatic heterocycles. The standard InChI is InChI=1S/C22H30N4O2/c1-15-2-7-21-20(8-15)22(25-14-24-21)23-10-19(28)9-17-11-26(12-17)18-5-3-16(13-27)4-6-18/h2,7-8,14,16-18,27H,3-6,9-13H2,1H3,(H,23,24,25). The SMILES string of the molecule is Cc1ccc2ncnc(NCC(=O)CC3CN(C4CCC(CO)CC4)C3)c2c1. The van der Waals surface area contributed by atoms with Gasteiger partial charge in [0.2, 0.25) is 0 Å². The molecule has 1 saturated heterocycles. The fraction of sp³-hybridized carbons (Fsp3) is 0.591. The van der Waals surface area contributed by atoms with Gasteiger partial charge in [-0.25, -0.2) is 9.97 Å². The van der Waals surface area contributed by atoms with Crippen LogP contribution in [0.4, 0.5) is 5.82 Å². The maximum atomic E-state index is 12.4. The van der Waals surface area contributed by atoms with Gasteiger partial charge in [-0.2, -0.15) is 0 Å². The Balaban J connectivity index is 1.23. The van der Waals surface area contributed by atoms with E-state index in [9.17, 15) is 9.90 Å². The second-order valence-electron chi connectivity index (χ2n) is 8.52. The lowest BCUT2D eigenvalue weighted by molar-refractivity contribution is -0.120. The van der Waals surface area contributed by atoms with Gasteiger partial charge in [0.15, 0.2) is 5.78 Å². The maximum absolute atomic E-state index is 12.4. The topological polar surface area (TPSA) is 78.4 Å². The van der Waals surface area contributed by atoms with E-state index in [4.69, 9.17) is 0 Å². The number of rotatable bonds is 7. The molecule has 2 fully saturated rings. The Labute approximate surface area is 166 Å². The third-order valence-corrected chi connectivity index (χ3v) is 6.34. The number of hydrogen-bond acceptors (Lipinski definition) is 6. The summed E-state index contributed by atoms with van der Waals surface area (Å²) in [5, 5.41) is 13.4. The van der Waals surface area contributed by atoms with E-state index in [1.807, 2.05) is 19.1 Å². The molecule has 1 aliphatic carbocycles. The number of aliphatic hydroxyl groups excluding tert-OH is 1. The second kappa shape index (κ2) is 8.53. The van der Waals surface area contributed by atoms with Crippen LogP contribution in [0.25, 0.3) is 10.9 Å². The molecule has 2 heterocycles. The van der Waals surface area contributed by atoms with E-state index < -0.39 is 0 Å². The van der Waals surface area contributed by atoms with Gasteiger partial charge in [0.25, 0.3) is 0 Å². The molecule has 2 aromatic rings. The molecule has 2 N–H and O–H groups in total. The smallest absolute Gasteiger partial charge is 0.152 e. The molecule has 0 radical (unpaired) electrons. The Kier molecular flexibility index (Phi) is 5.87. The number of aromatic nitrogens is 2. The van der Waals surface area contributed by atoms with Crippen LogP contribution in [0, 0.1) is 18.8 Å². The van der Waals surface area contributed by atoms with Crippen LogP contribution >= 0.6 is 0 Å². The molecule has 150 valence electrons. The lowest BCUT2D eigenvalue weighted by atomic mass is 9.82. The number of carbonyl (C=O) groups is 1. The number of likely N-dealkylation sites (tertiary alicyclic amines) is 1. The van der Waals surface area contributed by atoms with Crippen LogP contribution in [-0.4, -0.2) is 58.0 Å². The first-order chi connectivity index (χ1) is 13.6. The monoisotopic (exact) mass is 382 g/mol. The van der Waals surface area contributed by atoms with Crippen molar-refractivity contribution in [2.75, 3.05) is 31.6 Å². The van der Waals surface area contributed by atoms with Gasteiger partial charge < -0.3 is 10.4 Å². The Morgan fingerprint density at radius 1 is 1.18 bits per heavy atom. The number of nitrogens with one attached hydrogen (secondary N) is 1. The van der Waals surface area contributed by atoms with Gasteiger partial charge in [-0.05, 0) is 56.6 Å². The predicted octanol–water partition coefficient (Wildman–Crippen LogP) is 2.79. The summed E-state index contributed by atoms with van der Waals surface area (Å²) in [6.07, 6.45) is 6.83. The minimum absolute atomic E-state index is 0.244. The van der Waals surface area contributed by atoms with Crippen molar-refractivity contribution in [2.45, 2.75) is 45.1 Å². The first kappa shape index (κ1) is 19.3. The van der Waals surface area contributed by atoms with Gasteiger partial charge >= 0.3 is 0 Å². The molecule has 1 saturated carbocycles. The number of fused-ring (bicyclic) bond motifs is 1. The second-order valence-corrected chi connectivity index (χ2v) is 8.52. The Morgan fingerprint density at radius 3 is 2.71 bits per heavy atom. The molecule has 0 bridgehead atoms. The quantitative estimate of drug-likeness (QED) is 0.767. The number of benzene rings is 1. The van der Waals surface area contributed by atoms with E-state index in [-0.39, 0.29) is 5.78 Å². The van der Waals surface area contributed by atoms with E-state index in [0.717, 1.165) is 48.2 Å². The van der Waals surface area contributed by atoms with Gasteiger partial charge in [0.05, 0.1) is 12.1 Å². The van der Waals surface area contributed by atoms with Crippen LogP contribution < -0.4 is 5.32 Å². The molecule has 1 aromatic carbocycles. The van der Waals surface area contributed by atoms with Crippen molar-refractivity contribution in [1.29, 1.82) is 0 Å². The molecule has 28 heavy (non-hydrogen) atoms. The zero-order valence-corrected chi connectivity index (χ0v) is 16.6. The zero-order valence-electron chi connectivity index (χ0n) is 16.6. The molecule has 0 amide bonds. The lowest BCUT2D eigenvalue weighted by Gasteiger charge is -2.46. The van der Waals surface area contributed by atoms with Crippen LogP contribution in [0.3, 0.4) is 0 Å². The lowest BCUT2D eigenvalue weighted by Crippen LogP contribution is -2.53. The number of aliphatic hydroxyl groups is 1. The predicted molar refractivity (Wildman–Crippen MR) is 110 cm³/mol. The van der Waals surface area contributed by atoms with Crippen molar-refractivity contribution in [3.05, 3.63) is 30.1 Å². The molecular formula is C22H30N4O2. The van der Waals surface area contributed by atoms with Crippen LogP contribution in [0.1, 0.15) is 37.7 Å². The summed E-state index contributed by atoms with van der Waals surface area (Å²) < 4.78 is 0. The van der Waals surface area contributed by atoms with Crippen LogP contribution in [0.2, 0.25) is 0 Å². The zero-order chi connectivity index (χ0) is 19.5. The molecular weight excluding hydrogens is 352 g/mol. The highest BCUT2D eigenvalue weighted by Crippen LogP contribution is 2.32. The third-order valence-electron chi connectivity index (χ3n) is 6.34. The van der Waals surface area contributed by atoms with Gasteiger partial charge in [-0.1, -0.05) is 11.6 Å². The number of ketones is 1. The van der Waals surface area contributed by atoms with E-state index in [1.165, 1.54) is 12.8 Å². The van der Waals surface area contributed by atoms with E-state index in [0.29, 0.717) is 37.5 Å². The summed E-state index contributed by atoms with van der Waals surface area (Å²) in [5.41, 5.74) is 2.04. The van der Waals surface area contributed by atoms with E-state index in [1.54, 1.807) is 6.33 Å². The fourth-order valence-corrected chi connectivity index (χ4v) is 4.62. The average Bonchev–Trinajstić information content (AvgIpc) is 2.69. The summed E-state index contributed by atoms with van der Waals surface area (Å²) in [4.78, 5) is 23.6. The highest BCUT2D eigenvalue weighted by molar-refractivity contribution is 5.91. The minimum atomic E-state index is 0.244. The van der Waals surface area contributed by atoms with Crippen LogP contribution in [0.15, 0.2) is 24.5 Å². The molecule has 0 unspecified atom stereocenters. The van der Waals surface area contributed by atoms with Crippen molar-refractivity contribution in [3.8, 4) is 0 Å². The third kappa shape index (κ3) is 4.33. The van der Waals surface area contributed by atoms with Crippen molar-refractivity contribution in [2.24, 2.45) is 11.8 Å². The Morgan fingerprint density at radius 2 is 1.96 bits per heavy atom. The number of nitrogens with zero attached hydrogens (tertiary/aromatic N) is 3.